The first-order chi connectivity index (χ1) is 10.7. The summed E-state index contributed by atoms with van der Waals surface area (Å²) in [5, 5.41) is 9.22. The van der Waals surface area contributed by atoms with E-state index in [1.807, 2.05) is 0 Å². The van der Waals surface area contributed by atoms with Crippen molar-refractivity contribution in [3.8, 4) is 0 Å². The van der Waals surface area contributed by atoms with Gasteiger partial charge < -0.3 is 9.84 Å². The third kappa shape index (κ3) is 4.21. The number of nitrogens with one attached hydrogen (secondary N) is 1. The topological polar surface area (TPSA) is 95.9 Å². The van der Waals surface area contributed by atoms with Gasteiger partial charge in [-0.1, -0.05) is 12.1 Å². The number of carboxylic acids is 1. The molecule has 1 aromatic carbocycles. The fourth-order valence-corrected chi connectivity index (χ4v) is 3.50. The number of hydrogen-bond donors (Lipinski definition) is 2. The van der Waals surface area contributed by atoms with E-state index in [9.17, 15) is 18.3 Å². The molecular formula is C15H22N2O5S. The van der Waals surface area contributed by atoms with Gasteiger partial charge in [0.25, 0.3) is 0 Å². The quantitative estimate of drug-likeness (QED) is 0.844. The summed E-state index contributed by atoms with van der Waals surface area (Å²) in [4.78, 5) is 11.2. The van der Waals surface area contributed by atoms with Gasteiger partial charge in [-0.15, -0.1) is 0 Å². The third-order valence-electron chi connectivity index (χ3n) is 3.91. The SMILES string of the molecule is CC(C)(C(=O)O)c1ccc(NS(=O)(=O)N2CCCOCC2)cc1. The van der Waals surface area contributed by atoms with Crippen LogP contribution in [0.2, 0.25) is 0 Å². The average molecular weight is 342 g/mol. The molecule has 0 saturated carbocycles. The minimum absolute atomic E-state index is 0.319. The number of rotatable bonds is 5. The number of ether oxygens (including phenoxy) is 1. The highest BCUT2D eigenvalue weighted by molar-refractivity contribution is 7.90. The van der Waals surface area contributed by atoms with Gasteiger partial charge in [0.2, 0.25) is 0 Å². The van der Waals surface area contributed by atoms with E-state index in [0.29, 0.717) is 44.0 Å². The molecule has 0 unspecified atom stereocenters. The molecule has 2 rings (SSSR count). The maximum absolute atomic E-state index is 12.4. The van der Waals surface area contributed by atoms with Gasteiger partial charge in [-0.3, -0.25) is 9.52 Å². The lowest BCUT2D eigenvalue weighted by atomic mass is 9.85. The fraction of sp³-hybridized carbons (Fsp3) is 0.533. The lowest BCUT2D eigenvalue weighted by molar-refractivity contribution is -0.142. The van der Waals surface area contributed by atoms with Crippen LogP contribution in [0, 0.1) is 0 Å². The molecule has 23 heavy (non-hydrogen) atoms. The number of carbonyl (C=O) groups is 1. The van der Waals surface area contributed by atoms with Crippen LogP contribution in [0.4, 0.5) is 5.69 Å². The number of carboxylic acid groups (broad SMARTS) is 1. The molecule has 0 atom stereocenters. The highest BCUT2D eigenvalue weighted by Crippen LogP contribution is 2.25. The molecule has 0 amide bonds. The van der Waals surface area contributed by atoms with Crippen molar-refractivity contribution in [2.75, 3.05) is 31.0 Å². The molecule has 1 heterocycles. The molecule has 0 aromatic heterocycles. The Kier molecular flexibility index (Phi) is 5.28. The predicted molar refractivity (Wildman–Crippen MR) is 86.7 cm³/mol. The van der Waals surface area contributed by atoms with Crippen LogP contribution in [0.5, 0.6) is 0 Å². The number of nitrogens with zero attached hydrogens (tertiary/aromatic N) is 1. The van der Waals surface area contributed by atoms with Gasteiger partial charge in [0.1, 0.15) is 0 Å². The van der Waals surface area contributed by atoms with E-state index < -0.39 is 21.6 Å². The molecule has 1 aliphatic heterocycles. The van der Waals surface area contributed by atoms with E-state index in [0.717, 1.165) is 0 Å². The van der Waals surface area contributed by atoms with Crippen LogP contribution in [0.1, 0.15) is 25.8 Å². The number of hydrogen-bond acceptors (Lipinski definition) is 4. The van der Waals surface area contributed by atoms with E-state index in [4.69, 9.17) is 4.74 Å². The summed E-state index contributed by atoms with van der Waals surface area (Å²) < 4.78 is 33.9. The minimum Gasteiger partial charge on any atom is -0.481 e. The Morgan fingerprint density at radius 1 is 1.22 bits per heavy atom. The van der Waals surface area contributed by atoms with Crippen molar-refractivity contribution in [2.45, 2.75) is 25.7 Å². The lowest BCUT2D eigenvalue weighted by Crippen LogP contribution is -2.37. The van der Waals surface area contributed by atoms with E-state index in [1.54, 1.807) is 38.1 Å². The van der Waals surface area contributed by atoms with Crippen LogP contribution >= 0.6 is 0 Å². The Labute approximate surface area is 136 Å². The van der Waals surface area contributed by atoms with Gasteiger partial charge in [-0.05, 0) is 38.0 Å². The van der Waals surface area contributed by atoms with Crippen molar-refractivity contribution in [2.24, 2.45) is 0 Å². The highest BCUT2D eigenvalue weighted by Gasteiger charge is 2.29. The molecule has 0 radical (unpaired) electrons. The summed E-state index contributed by atoms with van der Waals surface area (Å²) >= 11 is 0. The molecule has 0 spiro atoms. The van der Waals surface area contributed by atoms with Crippen LogP contribution in [0.25, 0.3) is 0 Å². The van der Waals surface area contributed by atoms with Crippen molar-refractivity contribution in [1.82, 2.24) is 4.31 Å². The Morgan fingerprint density at radius 3 is 2.48 bits per heavy atom. The fourth-order valence-electron chi connectivity index (χ4n) is 2.26. The van der Waals surface area contributed by atoms with E-state index in [1.165, 1.54) is 4.31 Å². The maximum atomic E-state index is 12.4. The molecule has 1 fully saturated rings. The van der Waals surface area contributed by atoms with Crippen LogP contribution in [-0.2, 0) is 25.2 Å². The maximum Gasteiger partial charge on any atom is 0.313 e. The van der Waals surface area contributed by atoms with Gasteiger partial charge in [-0.2, -0.15) is 12.7 Å². The summed E-state index contributed by atoms with van der Waals surface area (Å²) in [7, 11) is -3.64. The summed E-state index contributed by atoms with van der Waals surface area (Å²) in [5.41, 5.74) is -0.0178. The van der Waals surface area contributed by atoms with Gasteiger partial charge in [-0.25, -0.2) is 0 Å². The normalized spacial score (nSPS) is 17.5. The Hall–Kier alpha value is -1.64. The average Bonchev–Trinajstić information content (AvgIpc) is 2.77. The largest absolute Gasteiger partial charge is 0.481 e. The van der Waals surface area contributed by atoms with Crippen LogP contribution in [0.15, 0.2) is 24.3 Å². The zero-order valence-electron chi connectivity index (χ0n) is 13.3. The third-order valence-corrected chi connectivity index (χ3v) is 5.45. The molecule has 2 N–H and O–H groups in total. The van der Waals surface area contributed by atoms with Gasteiger partial charge in [0, 0.05) is 25.4 Å². The standard InChI is InChI=1S/C15H22N2O5S/c1-15(2,14(18)19)12-4-6-13(7-5-12)16-23(20,21)17-8-3-10-22-11-9-17/h4-7,16H,3,8-11H2,1-2H3,(H,18,19). The smallest absolute Gasteiger partial charge is 0.313 e. The molecule has 7 nitrogen and oxygen atoms in total. The van der Waals surface area contributed by atoms with Crippen LogP contribution in [-0.4, -0.2) is 50.1 Å². The van der Waals surface area contributed by atoms with Gasteiger partial charge >= 0.3 is 16.2 Å². The molecule has 0 aliphatic carbocycles. The van der Waals surface area contributed by atoms with Crippen molar-refractivity contribution < 1.29 is 23.1 Å². The van der Waals surface area contributed by atoms with Crippen molar-refractivity contribution in [1.29, 1.82) is 0 Å². The summed E-state index contributed by atoms with van der Waals surface area (Å²) in [6, 6.07) is 6.40. The van der Waals surface area contributed by atoms with Crippen molar-refractivity contribution >= 4 is 21.9 Å². The summed E-state index contributed by atoms with van der Waals surface area (Å²) in [6.07, 6.45) is 0.659. The van der Waals surface area contributed by atoms with Crippen molar-refractivity contribution in [3.63, 3.8) is 0 Å². The minimum atomic E-state index is -3.64. The number of anilines is 1. The Morgan fingerprint density at radius 2 is 1.87 bits per heavy atom. The lowest BCUT2D eigenvalue weighted by Gasteiger charge is -2.22. The molecule has 128 valence electrons. The van der Waals surface area contributed by atoms with Crippen LogP contribution < -0.4 is 4.72 Å². The van der Waals surface area contributed by atoms with E-state index >= 15 is 0 Å². The molecule has 1 aromatic rings. The number of benzene rings is 1. The zero-order valence-corrected chi connectivity index (χ0v) is 14.1. The number of aliphatic carboxylic acids is 1. The first-order valence-electron chi connectivity index (χ1n) is 7.43. The van der Waals surface area contributed by atoms with Gasteiger partial charge in [0.05, 0.1) is 12.0 Å². The van der Waals surface area contributed by atoms with E-state index in [-0.39, 0.29) is 0 Å². The molecule has 1 aliphatic rings. The predicted octanol–water partition coefficient (Wildman–Crippen LogP) is 1.43. The monoisotopic (exact) mass is 342 g/mol. The zero-order chi connectivity index (χ0) is 17.1. The Bertz CT molecular complexity index is 647. The second kappa shape index (κ2) is 6.86. The molecule has 0 bridgehead atoms. The summed E-state index contributed by atoms with van der Waals surface area (Å²) in [5.74, 6) is -0.935. The van der Waals surface area contributed by atoms with E-state index in [2.05, 4.69) is 4.72 Å². The highest BCUT2D eigenvalue weighted by atomic mass is 32.2. The molecular weight excluding hydrogens is 320 g/mol. The molecule has 8 heteroatoms. The second-order valence-corrected chi connectivity index (χ2v) is 7.65. The van der Waals surface area contributed by atoms with Gasteiger partial charge in [0.15, 0.2) is 0 Å². The second-order valence-electron chi connectivity index (χ2n) is 5.98. The van der Waals surface area contributed by atoms with Crippen LogP contribution in [0.3, 0.4) is 0 Å². The molecule has 1 saturated heterocycles. The Balaban J connectivity index is 2.12. The first-order valence-corrected chi connectivity index (χ1v) is 8.87. The summed E-state index contributed by atoms with van der Waals surface area (Å²) in [6.45, 7) is 4.88. The van der Waals surface area contributed by atoms with Crippen molar-refractivity contribution in [3.05, 3.63) is 29.8 Å². The first kappa shape index (κ1) is 17.7.